The molecule has 0 amide bonds. The van der Waals surface area contributed by atoms with Gasteiger partial charge >= 0.3 is 0 Å². The Balaban J connectivity index is 1.55. The largest absolute Gasteiger partial charge is 0.356 e. The molecule has 23 heavy (non-hydrogen) atoms. The van der Waals surface area contributed by atoms with Gasteiger partial charge in [-0.25, -0.2) is 4.98 Å². The Labute approximate surface area is 137 Å². The van der Waals surface area contributed by atoms with E-state index in [-0.39, 0.29) is 0 Å². The van der Waals surface area contributed by atoms with Crippen LogP contribution in [0.25, 0.3) is 0 Å². The number of anilines is 1. The van der Waals surface area contributed by atoms with Crippen molar-refractivity contribution in [3.63, 3.8) is 0 Å². The summed E-state index contributed by atoms with van der Waals surface area (Å²) in [5.41, 5.74) is 1.21. The lowest BCUT2D eigenvalue weighted by Gasteiger charge is -2.33. The van der Waals surface area contributed by atoms with E-state index in [0.29, 0.717) is 5.92 Å². The Bertz CT molecular complexity index is 661. The summed E-state index contributed by atoms with van der Waals surface area (Å²) in [4.78, 5) is 7.01. The zero-order chi connectivity index (χ0) is 15.6. The third-order valence-electron chi connectivity index (χ3n) is 5.14. The molecule has 0 aromatic carbocycles. The van der Waals surface area contributed by atoms with E-state index in [1.807, 2.05) is 6.20 Å². The molecule has 122 valence electrons. The van der Waals surface area contributed by atoms with E-state index in [1.54, 1.807) is 0 Å². The van der Waals surface area contributed by atoms with Crippen molar-refractivity contribution in [2.45, 2.75) is 57.9 Å². The average molecular weight is 311 g/mol. The maximum absolute atomic E-state index is 4.60. The average Bonchev–Trinajstić information content (AvgIpc) is 2.84. The molecule has 4 heterocycles. The van der Waals surface area contributed by atoms with E-state index in [2.05, 4.69) is 43.7 Å². The van der Waals surface area contributed by atoms with Crippen LogP contribution >= 0.6 is 0 Å². The van der Waals surface area contributed by atoms with Gasteiger partial charge in [0.15, 0.2) is 0 Å². The summed E-state index contributed by atoms with van der Waals surface area (Å²) in [5, 5.41) is 9.05. The van der Waals surface area contributed by atoms with Crippen molar-refractivity contribution in [3.8, 4) is 0 Å². The van der Waals surface area contributed by atoms with Gasteiger partial charge in [-0.2, -0.15) is 0 Å². The summed E-state index contributed by atoms with van der Waals surface area (Å²) < 4.78 is 2.41. The molecule has 2 aromatic rings. The van der Waals surface area contributed by atoms with E-state index in [1.165, 1.54) is 49.3 Å². The second-order valence-corrected chi connectivity index (χ2v) is 6.92. The number of hydrogen-bond donors (Lipinski definition) is 0. The summed E-state index contributed by atoms with van der Waals surface area (Å²) in [5.74, 6) is 3.98. The molecule has 2 aromatic heterocycles. The minimum absolute atomic E-state index is 0.478. The lowest BCUT2D eigenvalue weighted by molar-refractivity contribution is 0.464. The zero-order valence-corrected chi connectivity index (χ0v) is 13.9. The molecule has 5 heteroatoms. The molecule has 0 bridgehead atoms. The normalized spacial score (nSPS) is 21.8. The Morgan fingerprint density at radius 1 is 1.04 bits per heavy atom. The van der Waals surface area contributed by atoms with Crippen LogP contribution in [0.15, 0.2) is 18.3 Å². The summed E-state index contributed by atoms with van der Waals surface area (Å²) >= 11 is 0. The molecular weight excluding hydrogens is 286 g/mol. The molecule has 5 nitrogen and oxygen atoms in total. The fourth-order valence-corrected chi connectivity index (χ4v) is 3.85. The van der Waals surface area contributed by atoms with Gasteiger partial charge in [-0.1, -0.05) is 12.5 Å². The smallest absolute Gasteiger partial charge is 0.137 e. The Kier molecular flexibility index (Phi) is 4.02. The zero-order valence-electron chi connectivity index (χ0n) is 13.9. The van der Waals surface area contributed by atoms with Crippen LogP contribution in [0.2, 0.25) is 0 Å². The first-order valence-electron chi connectivity index (χ1n) is 8.91. The van der Waals surface area contributed by atoms with Crippen molar-refractivity contribution in [3.05, 3.63) is 35.5 Å². The molecule has 0 saturated carbocycles. The van der Waals surface area contributed by atoms with Crippen LogP contribution in [0, 0.1) is 6.92 Å². The second-order valence-electron chi connectivity index (χ2n) is 6.92. The van der Waals surface area contributed by atoms with Crippen LogP contribution in [-0.2, 0) is 13.0 Å². The number of aryl methyl sites for hydroxylation is 2. The van der Waals surface area contributed by atoms with Crippen molar-refractivity contribution in [2.24, 2.45) is 0 Å². The highest BCUT2D eigenvalue weighted by Gasteiger charge is 2.27. The standard InChI is InChI=1S/C18H25N5/c1-14-8-9-16(19-12-14)22-10-5-6-15(13-22)18-21-20-17-7-3-2-4-11-23(17)18/h8-9,12,15H,2-7,10-11,13H2,1H3/t15-/m1/s1. The van der Waals surface area contributed by atoms with Crippen LogP contribution < -0.4 is 4.90 Å². The molecule has 1 fully saturated rings. The van der Waals surface area contributed by atoms with Crippen LogP contribution in [0.4, 0.5) is 5.82 Å². The molecule has 2 aliphatic rings. The summed E-state index contributed by atoms with van der Waals surface area (Å²) in [6.07, 6.45) is 9.27. The number of rotatable bonds is 2. The topological polar surface area (TPSA) is 46.8 Å². The van der Waals surface area contributed by atoms with E-state index < -0.39 is 0 Å². The molecule has 0 radical (unpaired) electrons. The lowest BCUT2D eigenvalue weighted by Crippen LogP contribution is -2.36. The number of pyridine rings is 1. The molecule has 4 rings (SSSR count). The highest BCUT2D eigenvalue weighted by atomic mass is 15.3. The van der Waals surface area contributed by atoms with Gasteiger partial charge in [0.2, 0.25) is 0 Å². The number of fused-ring (bicyclic) bond motifs is 1. The van der Waals surface area contributed by atoms with Gasteiger partial charge in [-0.3, -0.25) is 0 Å². The van der Waals surface area contributed by atoms with Crippen molar-refractivity contribution < 1.29 is 0 Å². The summed E-state index contributed by atoms with van der Waals surface area (Å²) in [6.45, 7) is 5.28. The highest BCUT2D eigenvalue weighted by Crippen LogP contribution is 2.29. The SMILES string of the molecule is Cc1ccc(N2CCC[C@@H](c3nnc4n3CCCCC4)C2)nc1. The monoisotopic (exact) mass is 311 g/mol. The minimum Gasteiger partial charge on any atom is -0.356 e. The minimum atomic E-state index is 0.478. The van der Waals surface area contributed by atoms with E-state index >= 15 is 0 Å². The van der Waals surface area contributed by atoms with Gasteiger partial charge in [0, 0.05) is 38.2 Å². The number of nitrogens with zero attached hydrogens (tertiary/aromatic N) is 5. The number of aromatic nitrogens is 4. The quantitative estimate of drug-likeness (QED) is 0.855. The predicted molar refractivity (Wildman–Crippen MR) is 90.7 cm³/mol. The first-order valence-corrected chi connectivity index (χ1v) is 8.91. The van der Waals surface area contributed by atoms with Crippen LogP contribution in [0.5, 0.6) is 0 Å². The Morgan fingerprint density at radius 3 is 2.87 bits per heavy atom. The van der Waals surface area contributed by atoms with Gasteiger partial charge in [-0.15, -0.1) is 10.2 Å². The molecule has 2 aliphatic heterocycles. The molecule has 0 unspecified atom stereocenters. The predicted octanol–water partition coefficient (Wildman–Crippen LogP) is 3.09. The third kappa shape index (κ3) is 2.96. The van der Waals surface area contributed by atoms with Crippen LogP contribution in [0.3, 0.4) is 0 Å². The number of hydrogen-bond acceptors (Lipinski definition) is 4. The Morgan fingerprint density at radius 2 is 2.00 bits per heavy atom. The van der Waals surface area contributed by atoms with E-state index in [9.17, 15) is 0 Å². The number of piperidine rings is 1. The first-order chi connectivity index (χ1) is 11.3. The van der Waals surface area contributed by atoms with Crippen molar-refractivity contribution >= 4 is 5.82 Å². The van der Waals surface area contributed by atoms with Gasteiger partial charge in [0.05, 0.1) is 0 Å². The maximum atomic E-state index is 4.60. The van der Waals surface area contributed by atoms with Crippen molar-refractivity contribution in [1.82, 2.24) is 19.7 Å². The molecule has 0 N–H and O–H groups in total. The lowest BCUT2D eigenvalue weighted by atomic mass is 9.97. The first kappa shape index (κ1) is 14.7. The van der Waals surface area contributed by atoms with Gasteiger partial charge in [0.1, 0.15) is 17.5 Å². The Hall–Kier alpha value is -1.91. The molecule has 0 spiro atoms. The fourth-order valence-electron chi connectivity index (χ4n) is 3.85. The van der Waals surface area contributed by atoms with Crippen LogP contribution in [-0.4, -0.2) is 32.8 Å². The summed E-state index contributed by atoms with van der Waals surface area (Å²) in [6, 6.07) is 4.29. The second kappa shape index (κ2) is 6.30. The van der Waals surface area contributed by atoms with E-state index in [4.69, 9.17) is 0 Å². The molecule has 1 atom stereocenters. The van der Waals surface area contributed by atoms with E-state index in [0.717, 1.165) is 31.9 Å². The highest BCUT2D eigenvalue weighted by molar-refractivity contribution is 5.40. The molecule has 1 saturated heterocycles. The van der Waals surface area contributed by atoms with Gasteiger partial charge in [0.25, 0.3) is 0 Å². The molecule has 0 aliphatic carbocycles. The van der Waals surface area contributed by atoms with Crippen molar-refractivity contribution in [1.29, 1.82) is 0 Å². The maximum Gasteiger partial charge on any atom is 0.137 e. The van der Waals surface area contributed by atoms with Crippen molar-refractivity contribution in [2.75, 3.05) is 18.0 Å². The van der Waals surface area contributed by atoms with Gasteiger partial charge in [-0.05, 0) is 44.2 Å². The van der Waals surface area contributed by atoms with Crippen LogP contribution in [0.1, 0.15) is 55.2 Å². The third-order valence-corrected chi connectivity index (χ3v) is 5.14. The van der Waals surface area contributed by atoms with Gasteiger partial charge < -0.3 is 9.47 Å². The molecular formula is C18H25N5. The fraction of sp³-hybridized carbons (Fsp3) is 0.611. The summed E-state index contributed by atoms with van der Waals surface area (Å²) in [7, 11) is 0.